The molecule has 0 unspecified atom stereocenters. The fourth-order valence-electron chi connectivity index (χ4n) is 1.27. The van der Waals surface area contributed by atoms with Gasteiger partial charge in [-0.25, -0.2) is 0 Å². The fraction of sp³-hybridized carbons (Fsp3) is 0. The van der Waals surface area contributed by atoms with E-state index in [4.69, 9.17) is 5.26 Å². The molecule has 1 heteroatoms. The maximum Gasteiger partial charge on any atom is 0.0992 e. The molecular formula is C15H8N. The van der Waals surface area contributed by atoms with Crippen molar-refractivity contribution in [1.29, 1.82) is 5.26 Å². The summed E-state index contributed by atoms with van der Waals surface area (Å²) in [6.45, 7) is 0. The Kier molecular flexibility index (Phi) is 3.02. The van der Waals surface area contributed by atoms with Gasteiger partial charge in [-0.1, -0.05) is 36.1 Å². The molecule has 1 nitrogen and oxygen atoms in total. The largest absolute Gasteiger partial charge is 0.192 e. The number of hydrogen-bond acceptors (Lipinski definition) is 1. The summed E-state index contributed by atoms with van der Waals surface area (Å²) in [5, 5.41) is 8.74. The topological polar surface area (TPSA) is 23.8 Å². The molecule has 0 N–H and O–H groups in total. The Morgan fingerprint density at radius 1 is 0.938 bits per heavy atom. The summed E-state index contributed by atoms with van der Waals surface area (Å²) in [5.41, 5.74) is 2.30. The normalized spacial score (nSPS) is 8.69. The van der Waals surface area contributed by atoms with Crippen LogP contribution in [0.15, 0.2) is 48.5 Å². The molecule has 2 rings (SSSR count). The van der Waals surface area contributed by atoms with E-state index < -0.39 is 0 Å². The van der Waals surface area contributed by atoms with E-state index in [0.717, 1.165) is 11.1 Å². The standard InChI is InChI=1S/C15H8N/c16-12-15-8-4-7-14(11-15)10-9-13-5-2-1-3-6-13/h1-6,8,11H. The van der Waals surface area contributed by atoms with E-state index >= 15 is 0 Å². The third-order valence-electron chi connectivity index (χ3n) is 2.05. The van der Waals surface area contributed by atoms with Crippen molar-refractivity contribution in [3.05, 3.63) is 71.3 Å². The van der Waals surface area contributed by atoms with Crippen molar-refractivity contribution < 1.29 is 0 Å². The molecule has 0 aliphatic carbocycles. The zero-order valence-corrected chi connectivity index (χ0v) is 8.57. The summed E-state index contributed by atoms with van der Waals surface area (Å²) in [5.74, 6) is 6.00. The summed E-state index contributed by atoms with van der Waals surface area (Å²) in [6, 6.07) is 20.0. The van der Waals surface area contributed by atoms with Gasteiger partial charge in [-0.2, -0.15) is 5.26 Å². The number of hydrogen-bond donors (Lipinski definition) is 0. The van der Waals surface area contributed by atoms with Crippen LogP contribution in [0.25, 0.3) is 0 Å². The van der Waals surface area contributed by atoms with E-state index in [0.29, 0.717) is 5.56 Å². The van der Waals surface area contributed by atoms with E-state index in [1.165, 1.54) is 0 Å². The summed E-state index contributed by atoms with van der Waals surface area (Å²) in [6.07, 6.45) is 0. The minimum Gasteiger partial charge on any atom is -0.192 e. The summed E-state index contributed by atoms with van der Waals surface area (Å²) < 4.78 is 0. The first-order valence-corrected chi connectivity index (χ1v) is 4.87. The molecule has 0 fully saturated rings. The zero-order chi connectivity index (χ0) is 11.2. The van der Waals surface area contributed by atoms with Crippen LogP contribution in [0.2, 0.25) is 0 Å². The lowest BCUT2D eigenvalue weighted by Gasteiger charge is -1.90. The average Bonchev–Trinajstić information content (AvgIpc) is 2.38. The average molecular weight is 202 g/mol. The number of benzene rings is 2. The SMILES string of the molecule is N#Cc1cc[c]c(C#Cc2ccccc2)c1. The monoisotopic (exact) mass is 202 g/mol. The Hall–Kier alpha value is -2.51. The molecule has 2 aromatic rings. The maximum absolute atomic E-state index is 8.74. The van der Waals surface area contributed by atoms with E-state index in [1.807, 2.05) is 30.3 Å². The molecule has 0 saturated heterocycles. The summed E-state index contributed by atoms with van der Waals surface area (Å²) in [4.78, 5) is 0. The predicted octanol–water partition coefficient (Wildman–Crippen LogP) is 2.76. The Morgan fingerprint density at radius 2 is 1.75 bits per heavy atom. The van der Waals surface area contributed by atoms with E-state index in [2.05, 4.69) is 24.0 Å². The van der Waals surface area contributed by atoms with Gasteiger partial charge in [-0.15, -0.1) is 0 Å². The molecular weight excluding hydrogens is 194 g/mol. The lowest BCUT2D eigenvalue weighted by atomic mass is 10.1. The number of nitriles is 1. The second-order valence-corrected chi connectivity index (χ2v) is 3.22. The van der Waals surface area contributed by atoms with Crippen LogP contribution >= 0.6 is 0 Å². The van der Waals surface area contributed by atoms with Crippen molar-refractivity contribution in [3.8, 4) is 17.9 Å². The van der Waals surface area contributed by atoms with Crippen molar-refractivity contribution in [3.63, 3.8) is 0 Å². The minimum absolute atomic E-state index is 0.608. The molecule has 16 heavy (non-hydrogen) atoms. The van der Waals surface area contributed by atoms with Gasteiger partial charge < -0.3 is 0 Å². The molecule has 0 saturated carbocycles. The van der Waals surface area contributed by atoms with Gasteiger partial charge in [-0.05, 0) is 30.3 Å². The fourth-order valence-corrected chi connectivity index (χ4v) is 1.27. The highest BCUT2D eigenvalue weighted by Gasteiger charge is 1.91. The molecule has 0 spiro atoms. The Bertz CT molecular complexity index is 580. The maximum atomic E-state index is 8.74. The smallest absolute Gasteiger partial charge is 0.0992 e. The van der Waals surface area contributed by atoms with Crippen LogP contribution in [0.1, 0.15) is 16.7 Å². The molecule has 0 bridgehead atoms. The van der Waals surface area contributed by atoms with Crippen LogP contribution in [0.5, 0.6) is 0 Å². The molecule has 0 heterocycles. The molecule has 0 aromatic heterocycles. The van der Waals surface area contributed by atoms with Gasteiger partial charge in [-0.3, -0.25) is 0 Å². The third-order valence-corrected chi connectivity index (χ3v) is 2.05. The van der Waals surface area contributed by atoms with E-state index in [1.54, 1.807) is 18.2 Å². The molecule has 2 aromatic carbocycles. The van der Waals surface area contributed by atoms with Crippen molar-refractivity contribution in [2.45, 2.75) is 0 Å². The molecule has 0 atom stereocenters. The molecule has 0 amide bonds. The predicted molar refractivity (Wildman–Crippen MR) is 62.4 cm³/mol. The Balaban J connectivity index is 2.28. The van der Waals surface area contributed by atoms with Crippen LogP contribution in [0, 0.1) is 29.2 Å². The summed E-state index contributed by atoms with van der Waals surface area (Å²) in [7, 11) is 0. The zero-order valence-electron chi connectivity index (χ0n) is 8.57. The van der Waals surface area contributed by atoms with Gasteiger partial charge in [0, 0.05) is 11.1 Å². The molecule has 73 valence electrons. The Morgan fingerprint density at radius 3 is 2.50 bits per heavy atom. The quantitative estimate of drug-likeness (QED) is 0.602. The van der Waals surface area contributed by atoms with Gasteiger partial charge in [0.05, 0.1) is 11.6 Å². The van der Waals surface area contributed by atoms with Crippen LogP contribution < -0.4 is 0 Å². The van der Waals surface area contributed by atoms with Gasteiger partial charge >= 0.3 is 0 Å². The van der Waals surface area contributed by atoms with Gasteiger partial charge in [0.2, 0.25) is 0 Å². The van der Waals surface area contributed by atoms with Crippen molar-refractivity contribution in [1.82, 2.24) is 0 Å². The first-order valence-electron chi connectivity index (χ1n) is 4.87. The number of nitrogens with zero attached hydrogens (tertiary/aromatic N) is 1. The molecule has 0 aliphatic rings. The lowest BCUT2D eigenvalue weighted by molar-refractivity contribution is 1.47. The van der Waals surface area contributed by atoms with Crippen molar-refractivity contribution in [2.75, 3.05) is 0 Å². The summed E-state index contributed by atoms with van der Waals surface area (Å²) >= 11 is 0. The van der Waals surface area contributed by atoms with Crippen molar-refractivity contribution >= 4 is 0 Å². The first kappa shape index (κ1) is 10.0. The highest BCUT2D eigenvalue weighted by Crippen LogP contribution is 2.02. The highest BCUT2D eigenvalue weighted by molar-refractivity contribution is 5.45. The van der Waals surface area contributed by atoms with Gasteiger partial charge in [0.25, 0.3) is 0 Å². The second kappa shape index (κ2) is 4.82. The Labute approximate surface area is 95.0 Å². The highest BCUT2D eigenvalue weighted by atomic mass is 14.2. The van der Waals surface area contributed by atoms with E-state index in [9.17, 15) is 0 Å². The molecule has 1 radical (unpaired) electrons. The second-order valence-electron chi connectivity index (χ2n) is 3.22. The minimum atomic E-state index is 0.608. The third kappa shape index (κ3) is 2.50. The van der Waals surface area contributed by atoms with E-state index in [-0.39, 0.29) is 0 Å². The first-order chi connectivity index (χ1) is 7.88. The van der Waals surface area contributed by atoms with Crippen LogP contribution in [0.4, 0.5) is 0 Å². The van der Waals surface area contributed by atoms with Gasteiger partial charge in [0.15, 0.2) is 0 Å². The molecule has 0 aliphatic heterocycles. The van der Waals surface area contributed by atoms with Crippen LogP contribution in [-0.4, -0.2) is 0 Å². The van der Waals surface area contributed by atoms with Crippen LogP contribution in [-0.2, 0) is 0 Å². The van der Waals surface area contributed by atoms with Crippen molar-refractivity contribution in [2.24, 2.45) is 0 Å². The number of rotatable bonds is 0. The van der Waals surface area contributed by atoms with Crippen LogP contribution in [0.3, 0.4) is 0 Å². The van der Waals surface area contributed by atoms with Gasteiger partial charge in [0.1, 0.15) is 0 Å². The lowest BCUT2D eigenvalue weighted by Crippen LogP contribution is -1.78.